The molecule has 0 unspecified atom stereocenters. The summed E-state index contributed by atoms with van der Waals surface area (Å²) in [5.41, 5.74) is 1.26. The number of rotatable bonds is 5. The quantitative estimate of drug-likeness (QED) is 0.818. The van der Waals surface area contributed by atoms with Crippen molar-refractivity contribution in [2.75, 3.05) is 13.7 Å². The normalized spacial score (nSPS) is 10.7. The van der Waals surface area contributed by atoms with Crippen LogP contribution in [0.25, 0.3) is 10.9 Å². The maximum Gasteiger partial charge on any atom is 0.337 e. The number of benzene rings is 1. The van der Waals surface area contributed by atoms with Crippen molar-refractivity contribution in [3.63, 3.8) is 0 Å². The number of carbonyl (C=O) groups is 2. The number of carbonyl (C=O) groups excluding carboxylic acids is 1. The highest BCUT2D eigenvalue weighted by Crippen LogP contribution is 2.24. The Labute approximate surface area is 104 Å². The molecule has 1 aromatic carbocycles. The summed E-state index contributed by atoms with van der Waals surface area (Å²) in [7, 11) is 1.58. The molecule has 2 aromatic rings. The van der Waals surface area contributed by atoms with Crippen molar-refractivity contribution < 1.29 is 19.4 Å². The monoisotopic (exact) mass is 247 g/mol. The molecule has 0 bridgehead atoms. The van der Waals surface area contributed by atoms with E-state index in [1.807, 2.05) is 0 Å². The highest BCUT2D eigenvalue weighted by atomic mass is 16.5. The molecule has 18 heavy (non-hydrogen) atoms. The third kappa shape index (κ3) is 2.00. The van der Waals surface area contributed by atoms with E-state index in [9.17, 15) is 14.7 Å². The molecule has 0 aliphatic carbocycles. The molecular weight excluding hydrogens is 234 g/mol. The number of ether oxygens (including phenoxy) is 1. The molecule has 0 saturated carbocycles. The van der Waals surface area contributed by atoms with Crippen LogP contribution in [0.5, 0.6) is 0 Å². The molecule has 0 atom stereocenters. The van der Waals surface area contributed by atoms with Gasteiger partial charge in [-0.3, -0.25) is 4.79 Å². The lowest BCUT2D eigenvalue weighted by Crippen LogP contribution is -2.02. The van der Waals surface area contributed by atoms with Crippen LogP contribution >= 0.6 is 0 Å². The highest BCUT2D eigenvalue weighted by molar-refractivity contribution is 6.09. The molecule has 1 aromatic heterocycles. The summed E-state index contributed by atoms with van der Waals surface area (Å²) in [6.45, 7) is 1.02. The minimum Gasteiger partial charge on any atom is -0.478 e. The standard InChI is InChI=1S/C13H13NO4/c1-18-6-5-14-7-10(13(16)17)12-9(8-15)3-2-4-11(12)14/h2-4,7-8H,5-6H2,1H3,(H,16,17). The van der Waals surface area contributed by atoms with Crippen molar-refractivity contribution in [1.29, 1.82) is 0 Å². The molecule has 0 radical (unpaired) electrons. The molecule has 0 aliphatic heterocycles. The first-order chi connectivity index (χ1) is 8.69. The first-order valence-corrected chi connectivity index (χ1v) is 5.48. The van der Waals surface area contributed by atoms with Crippen LogP contribution in [-0.4, -0.2) is 35.6 Å². The number of hydrogen-bond acceptors (Lipinski definition) is 3. The van der Waals surface area contributed by atoms with Crippen molar-refractivity contribution >= 4 is 23.2 Å². The number of aromatic carboxylic acids is 1. The van der Waals surface area contributed by atoms with Crippen molar-refractivity contribution in [3.05, 3.63) is 35.5 Å². The van der Waals surface area contributed by atoms with E-state index in [-0.39, 0.29) is 5.56 Å². The molecule has 2 rings (SSSR count). The van der Waals surface area contributed by atoms with Crippen molar-refractivity contribution in [1.82, 2.24) is 4.57 Å². The Balaban J connectivity index is 2.67. The summed E-state index contributed by atoms with van der Waals surface area (Å²) in [4.78, 5) is 22.2. The van der Waals surface area contributed by atoms with Crippen LogP contribution in [0.3, 0.4) is 0 Å². The number of methoxy groups -OCH3 is 1. The SMILES string of the molecule is COCCn1cc(C(=O)O)c2c(C=O)cccc21. The molecule has 0 fully saturated rings. The number of aldehydes is 1. The molecule has 0 saturated heterocycles. The number of nitrogens with zero attached hydrogens (tertiary/aromatic N) is 1. The zero-order valence-corrected chi connectivity index (χ0v) is 9.92. The molecule has 5 heteroatoms. The van der Waals surface area contributed by atoms with Gasteiger partial charge in [-0.15, -0.1) is 0 Å². The van der Waals surface area contributed by atoms with Gasteiger partial charge in [0, 0.05) is 36.3 Å². The summed E-state index contributed by atoms with van der Waals surface area (Å²) in [6, 6.07) is 5.15. The van der Waals surface area contributed by atoms with Crippen molar-refractivity contribution in [2.45, 2.75) is 6.54 Å². The van der Waals surface area contributed by atoms with Crippen LogP contribution in [-0.2, 0) is 11.3 Å². The predicted octanol–water partition coefficient (Wildman–Crippen LogP) is 1.80. The average molecular weight is 247 g/mol. The molecule has 5 nitrogen and oxygen atoms in total. The predicted molar refractivity (Wildman–Crippen MR) is 66.2 cm³/mol. The lowest BCUT2D eigenvalue weighted by molar-refractivity contribution is 0.0698. The van der Waals surface area contributed by atoms with Gasteiger partial charge in [0.2, 0.25) is 0 Å². The topological polar surface area (TPSA) is 68.5 Å². The first kappa shape index (κ1) is 12.3. The Morgan fingerprint density at radius 1 is 1.50 bits per heavy atom. The van der Waals surface area contributed by atoms with E-state index in [0.717, 1.165) is 5.52 Å². The van der Waals surface area contributed by atoms with E-state index in [1.54, 1.807) is 36.1 Å². The van der Waals surface area contributed by atoms with Gasteiger partial charge in [-0.1, -0.05) is 12.1 Å². The number of carboxylic acids is 1. The number of hydrogen-bond donors (Lipinski definition) is 1. The van der Waals surface area contributed by atoms with Crippen LogP contribution in [0.4, 0.5) is 0 Å². The van der Waals surface area contributed by atoms with Crippen molar-refractivity contribution in [2.24, 2.45) is 0 Å². The molecule has 1 heterocycles. The second kappa shape index (κ2) is 5.01. The second-order valence-corrected chi connectivity index (χ2v) is 3.89. The highest BCUT2D eigenvalue weighted by Gasteiger charge is 2.16. The van der Waals surface area contributed by atoms with Crippen LogP contribution < -0.4 is 0 Å². The van der Waals surface area contributed by atoms with Gasteiger partial charge >= 0.3 is 5.97 Å². The van der Waals surface area contributed by atoms with Gasteiger partial charge in [0.05, 0.1) is 12.2 Å². The summed E-state index contributed by atoms with van der Waals surface area (Å²) >= 11 is 0. The first-order valence-electron chi connectivity index (χ1n) is 5.48. The zero-order chi connectivity index (χ0) is 13.1. The number of carboxylic acid groups (broad SMARTS) is 1. The summed E-state index contributed by atoms with van der Waals surface area (Å²) in [5, 5.41) is 9.66. The maximum absolute atomic E-state index is 11.2. The third-order valence-corrected chi connectivity index (χ3v) is 2.83. The average Bonchev–Trinajstić information content (AvgIpc) is 2.75. The van der Waals surface area contributed by atoms with Gasteiger partial charge in [0.15, 0.2) is 6.29 Å². The van der Waals surface area contributed by atoms with Gasteiger partial charge in [0.25, 0.3) is 0 Å². The zero-order valence-electron chi connectivity index (χ0n) is 9.92. The lowest BCUT2D eigenvalue weighted by atomic mass is 10.1. The van der Waals surface area contributed by atoms with E-state index < -0.39 is 5.97 Å². The Hall–Kier alpha value is -2.14. The van der Waals surface area contributed by atoms with Crippen LogP contribution in [0, 0.1) is 0 Å². The van der Waals surface area contributed by atoms with Crippen LogP contribution in [0.1, 0.15) is 20.7 Å². The number of aromatic nitrogens is 1. The maximum atomic E-state index is 11.2. The fourth-order valence-corrected chi connectivity index (χ4v) is 2.02. The molecule has 0 spiro atoms. The summed E-state index contributed by atoms with van der Waals surface area (Å²) in [6.07, 6.45) is 2.22. The summed E-state index contributed by atoms with van der Waals surface area (Å²) < 4.78 is 6.77. The van der Waals surface area contributed by atoms with Crippen molar-refractivity contribution in [3.8, 4) is 0 Å². The Kier molecular flexibility index (Phi) is 3.43. The number of fused-ring (bicyclic) bond motifs is 1. The van der Waals surface area contributed by atoms with Gasteiger partial charge in [-0.05, 0) is 6.07 Å². The lowest BCUT2D eigenvalue weighted by Gasteiger charge is -2.04. The molecule has 94 valence electrons. The van der Waals surface area contributed by atoms with E-state index in [4.69, 9.17) is 4.74 Å². The van der Waals surface area contributed by atoms with E-state index in [2.05, 4.69) is 0 Å². The Morgan fingerprint density at radius 3 is 2.89 bits per heavy atom. The minimum absolute atomic E-state index is 0.142. The fourth-order valence-electron chi connectivity index (χ4n) is 2.02. The molecule has 1 N–H and O–H groups in total. The van der Waals surface area contributed by atoms with Gasteiger partial charge in [0.1, 0.15) is 0 Å². The van der Waals surface area contributed by atoms with Crippen LogP contribution in [0.15, 0.2) is 24.4 Å². The van der Waals surface area contributed by atoms with E-state index in [0.29, 0.717) is 30.4 Å². The largest absolute Gasteiger partial charge is 0.478 e. The molecule has 0 aliphatic rings. The minimum atomic E-state index is -1.04. The van der Waals surface area contributed by atoms with Gasteiger partial charge in [-0.2, -0.15) is 0 Å². The van der Waals surface area contributed by atoms with Gasteiger partial charge in [-0.25, -0.2) is 4.79 Å². The third-order valence-electron chi connectivity index (χ3n) is 2.83. The molecule has 0 amide bonds. The second-order valence-electron chi connectivity index (χ2n) is 3.89. The van der Waals surface area contributed by atoms with E-state index in [1.165, 1.54) is 0 Å². The fraction of sp³-hybridized carbons (Fsp3) is 0.231. The summed E-state index contributed by atoms with van der Waals surface area (Å²) in [5.74, 6) is -1.04. The van der Waals surface area contributed by atoms with Gasteiger partial charge < -0.3 is 14.4 Å². The van der Waals surface area contributed by atoms with Crippen LogP contribution in [0.2, 0.25) is 0 Å². The Morgan fingerprint density at radius 2 is 2.28 bits per heavy atom. The smallest absolute Gasteiger partial charge is 0.337 e. The molecular formula is C13H13NO4. The Bertz CT molecular complexity index is 600. The van der Waals surface area contributed by atoms with E-state index >= 15 is 0 Å².